The maximum absolute atomic E-state index is 11.7. The van der Waals surface area contributed by atoms with Gasteiger partial charge in [-0.3, -0.25) is 14.9 Å². The average Bonchev–Trinajstić information content (AvgIpc) is 2.89. The van der Waals surface area contributed by atoms with Gasteiger partial charge in [0.05, 0.1) is 4.92 Å². The molecule has 0 spiro atoms. The molecule has 2 N–H and O–H groups in total. The van der Waals surface area contributed by atoms with Crippen molar-refractivity contribution in [1.82, 2.24) is 10.6 Å². The number of carbonyl (C=O) groups is 1. The minimum Gasteiger partial charge on any atom is -0.352 e. The molecule has 6 nitrogen and oxygen atoms in total. The third-order valence-corrected chi connectivity index (χ3v) is 3.26. The van der Waals surface area contributed by atoms with Crippen LogP contribution in [0.2, 0.25) is 0 Å². The van der Waals surface area contributed by atoms with Crippen LogP contribution in [0.15, 0.2) is 24.3 Å². The number of hydrogen-bond acceptors (Lipinski definition) is 4. The molecule has 1 unspecified atom stereocenters. The van der Waals surface area contributed by atoms with Gasteiger partial charge in [-0.1, -0.05) is 18.2 Å². The van der Waals surface area contributed by atoms with E-state index in [4.69, 9.17) is 0 Å². The minimum atomic E-state index is -0.431. The zero-order chi connectivity index (χ0) is 13.7. The molecule has 2 rings (SSSR count). The maximum Gasteiger partial charge on any atom is 0.274 e. The van der Waals surface area contributed by atoms with Crippen molar-refractivity contribution < 1.29 is 9.72 Å². The van der Waals surface area contributed by atoms with Gasteiger partial charge in [0.25, 0.3) is 5.69 Å². The molecule has 1 atom stereocenters. The summed E-state index contributed by atoms with van der Waals surface area (Å²) in [5.74, 6) is -0.0717. The average molecular weight is 263 g/mol. The fourth-order valence-electron chi connectivity index (χ4n) is 2.26. The third-order valence-electron chi connectivity index (χ3n) is 3.26. The van der Waals surface area contributed by atoms with E-state index < -0.39 is 4.92 Å². The fourth-order valence-corrected chi connectivity index (χ4v) is 2.26. The number of nitrogens with one attached hydrogen (secondary N) is 2. The zero-order valence-corrected chi connectivity index (χ0v) is 10.6. The lowest BCUT2D eigenvalue weighted by atomic mass is 10.1. The lowest BCUT2D eigenvalue weighted by molar-refractivity contribution is -0.385. The number of nitrogens with zero attached hydrogens (tertiary/aromatic N) is 1. The standard InChI is InChI=1S/C13H17N3O3/c17-13(8-11-5-3-7-14-11)15-9-10-4-1-2-6-12(10)16(18)19/h1-2,4,6,11,14H,3,5,7-9H2,(H,15,17). The molecule has 102 valence electrons. The van der Waals surface area contributed by atoms with Crippen LogP contribution >= 0.6 is 0 Å². The lowest BCUT2D eigenvalue weighted by Crippen LogP contribution is -2.31. The minimum absolute atomic E-state index is 0.0433. The molecule has 0 saturated carbocycles. The molecule has 1 aromatic carbocycles. The molecular weight excluding hydrogens is 246 g/mol. The third kappa shape index (κ3) is 3.75. The Balaban J connectivity index is 1.87. The van der Waals surface area contributed by atoms with E-state index in [0.717, 1.165) is 19.4 Å². The number of benzene rings is 1. The topological polar surface area (TPSA) is 84.3 Å². The highest BCUT2D eigenvalue weighted by molar-refractivity contribution is 5.76. The normalized spacial score (nSPS) is 18.2. The monoisotopic (exact) mass is 263 g/mol. The summed E-state index contributed by atoms with van der Waals surface area (Å²) in [6.07, 6.45) is 2.54. The van der Waals surface area contributed by atoms with Gasteiger partial charge in [-0.2, -0.15) is 0 Å². The van der Waals surface area contributed by atoms with Crippen LogP contribution < -0.4 is 10.6 Å². The van der Waals surface area contributed by atoms with Crippen molar-refractivity contribution in [2.75, 3.05) is 6.54 Å². The first kappa shape index (κ1) is 13.5. The molecule has 0 aliphatic carbocycles. The van der Waals surface area contributed by atoms with Crippen LogP contribution in [0.5, 0.6) is 0 Å². The Kier molecular flexibility index (Phi) is 4.46. The summed E-state index contributed by atoms with van der Waals surface area (Å²) < 4.78 is 0. The fraction of sp³-hybridized carbons (Fsp3) is 0.462. The first-order chi connectivity index (χ1) is 9.16. The lowest BCUT2D eigenvalue weighted by Gasteiger charge is -2.10. The highest BCUT2D eigenvalue weighted by atomic mass is 16.6. The number of para-hydroxylation sites is 1. The zero-order valence-electron chi connectivity index (χ0n) is 10.6. The van der Waals surface area contributed by atoms with Crippen molar-refractivity contribution >= 4 is 11.6 Å². The van der Waals surface area contributed by atoms with Gasteiger partial charge < -0.3 is 10.6 Å². The van der Waals surface area contributed by atoms with Gasteiger partial charge in [0.15, 0.2) is 0 Å². The second kappa shape index (κ2) is 6.29. The Labute approximate surface area is 111 Å². The van der Waals surface area contributed by atoms with Crippen LogP contribution in [-0.2, 0) is 11.3 Å². The predicted molar refractivity (Wildman–Crippen MR) is 70.6 cm³/mol. The van der Waals surface area contributed by atoms with Gasteiger partial charge in [-0.25, -0.2) is 0 Å². The van der Waals surface area contributed by atoms with E-state index in [-0.39, 0.29) is 24.2 Å². The molecule has 1 fully saturated rings. The molecule has 1 heterocycles. The van der Waals surface area contributed by atoms with Crippen LogP contribution in [0.4, 0.5) is 5.69 Å². The second-order valence-corrected chi connectivity index (χ2v) is 4.66. The summed E-state index contributed by atoms with van der Waals surface area (Å²) in [5.41, 5.74) is 0.571. The van der Waals surface area contributed by atoms with Crippen molar-refractivity contribution in [3.8, 4) is 0 Å². The largest absolute Gasteiger partial charge is 0.352 e. The number of carbonyl (C=O) groups excluding carboxylic acids is 1. The molecule has 19 heavy (non-hydrogen) atoms. The Bertz CT molecular complexity index is 470. The molecular formula is C13H17N3O3. The van der Waals surface area contributed by atoms with E-state index in [1.54, 1.807) is 18.2 Å². The Morgan fingerprint density at radius 3 is 2.95 bits per heavy atom. The number of nitro benzene ring substituents is 1. The van der Waals surface area contributed by atoms with Crippen LogP contribution in [0.3, 0.4) is 0 Å². The molecule has 1 aromatic rings. The van der Waals surface area contributed by atoms with Gasteiger partial charge in [0, 0.05) is 30.6 Å². The van der Waals surface area contributed by atoms with Gasteiger partial charge in [0.1, 0.15) is 0 Å². The second-order valence-electron chi connectivity index (χ2n) is 4.66. The molecule has 0 bridgehead atoms. The van der Waals surface area contributed by atoms with E-state index in [0.29, 0.717) is 12.0 Å². The first-order valence-electron chi connectivity index (χ1n) is 6.39. The van der Waals surface area contributed by atoms with Crippen molar-refractivity contribution in [2.24, 2.45) is 0 Å². The van der Waals surface area contributed by atoms with Crippen LogP contribution in [0, 0.1) is 10.1 Å². The van der Waals surface area contributed by atoms with Gasteiger partial charge >= 0.3 is 0 Å². The van der Waals surface area contributed by atoms with E-state index in [9.17, 15) is 14.9 Å². The van der Waals surface area contributed by atoms with Crippen LogP contribution in [0.25, 0.3) is 0 Å². The highest BCUT2D eigenvalue weighted by Crippen LogP contribution is 2.17. The quantitative estimate of drug-likeness (QED) is 0.620. The number of nitro groups is 1. The van der Waals surface area contributed by atoms with Gasteiger partial charge in [0.2, 0.25) is 5.91 Å². The Hall–Kier alpha value is -1.95. The van der Waals surface area contributed by atoms with Crippen molar-refractivity contribution in [1.29, 1.82) is 0 Å². The molecule has 1 aliphatic heterocycles. The van der Waals surface area contributed by atoms with Crippen molar-refractivity contribution in [2.45, 2.75) is 31.8 Å². The molecule has 0 radical (unpaired) electrons. The molecule has 1 saturated heterocycles. The SMILES string of the molecule is O=C(CC1CCCN1)NCc1ccccc1[N+](=O)[O-]. The van der Waals surface area contributed by atoms with Crippen molar-refractivity contribution in [3.63, 3.8) is 0 Å². The van der Waals surface area contributed by atoms with Crippen molar-refractivity contribution in [3.05, 3.63) is 39.9 Å². The van der Waals surface area contributed by atoms with E-state index in [2.05, 4.69) is 10.6 Å². The highest BCUT2D eigenvalue weighted by Gasteiger charge is 2.18. The summed E-state index contributed by atoms with van der Waals surface area (Å²) >= 11 is 0. The van der Waals surface area contributed by atoms with E-state index in [1.165, 1.54) is 6.07 Å². The summed E-state index contributed by atoms with van der Waals surface area (Å²) in [5, 5.41) is 16.8. The summed E-state index contributed by atoms with van der Waals surface area (Å²) in [7, 11) is 0. The molecule has 0 aromatic heterocycles. The Morgan fingerprint density at radius 2 is 2.26 bits per heavy atom. The summed E-state index contributed by atoms with van der Waals surface area (Å²) in [4.78, 5) is 22.1. The van der Waals surface area contributed by atoms with Crippen LogP contribution in [0.1, 0.15) is 24.8 Å². The number of rotatable bonds is 5. The maximum atomic E-state index is 11.7. The Morgan fingerprint density at radius 1 is 1.47 bits per heavy atom. The molecule has 1 amide bonds. The smallest absolute Gasteiger partial charge is 0.274 e. The number of hydrogen-bond donors (Lipinski definition) is 2. The summed E-state index contributed by atoms with van der Waals surface area (Å²) in [6, 6.07) is 6.69. The van der Waals surface area contributed by atoms with Gasteiger partial charge in [-0.05, 0) is 19.4 Å². The van der Waals surface area contributed by atoms with E-state index >= 15 is 0 Å². The molecule has 6 heteroatoms. The van der Waals surface area contributed by atoms with Crippen LogP contribution in [-0.4, -0.2) is 23.4 Å². The van der Waals surface area contributed by atoms with Gasteiger partial charge in [-0.15, -0.1) is 0 Å². The molecule has 1 aliphatic rings. The first-order valence-corrected chi connectivity index (χ1v) is 6.39. The van der Waals surface area contributed by atoms with E-state index in [1.807, 2.05) is 0 Å². The predicted octanol–water partition coefficient (Wildman–Crippen LogP) is 1.35. The number of amides is 1. The summed E-state index contributed by atoms with van der Waals surface area (Å²) in [6.45, 7) is 1.16.